The van der Waals surface area contributed by atoms with Gasteiger partial charge in [0, 0.05) is 57.7 Å². The van der Waals surface area contributed by atoms with Crippen molar-refractivity contribution in [3.8, 4) is 0 Å². The Hall–Kier alpha value is -2.07. The summed E-state index contributed by atoms with van der Waals surface area (Å²) in [6.07, 6.45) is 1.85. The highest BCUT2D eigenvalue weighted by Gasteiger charge is 2.18. The third-order valence-corrected chi connectivity index (χ3v) is 4.86. The van der Waals surface area contributed by atoms with Gasteiger partial charge in [0.2, 0.25) is 0 Å². The molecular formula is C19H25N3O. The van der Waals surface area contributed by atoms with Crippen LogP contribution in [0, 0.1) is 13.8 Å². The lowest BCUT2D eigenvalue weighted by Crippen LogP contribution is -2.46. The van der Waals surface area contributed by atoms with Gasteiger partial charge >= 0.3 is 0 Å². The molecular weight excluding hydrogens is 286 g/mol. The number of hydrogen-bond donors (Lipinski definition) is 0. The average Bonchev–Trinajstić information content (AvgIpc) is 2.55. The number of anilines is 1. The van der Waals surface area contributed by atoms with E-state index in [0.717, 1.165) is 38.3 Å². The van der Waals surface area contributed by atoms with Gasteiger partial charge in [-0.15, -0.1) is 0 Å². The Balaban J connectivity index is 1.63. The number of benzene rings is 1. The van der Waals surface area contributed by atoms with E-state index in [9.17, 15) is 4.79 Å². The van der Waals surface area contributed by atoms with Gasteiger partial charge in [0.15, 0.2) is 0 Å². The molecule has 1 aromatic heterocycles. The maximum Gasteiger partial charge on any atom is 0.250 e. The molecule has 0 bridgehead atoms. The average molecular weight is 311 g/mol. The first-order chi connectivity index (χ1) is 11.0. The van der Waals surface area contributed by atoms with Crippen molar-refractivity contribution in [3.63, 3.8) is 0 Å². The molecule has 2 aromatic rings. The van der Waals surface area contributed by atoms with Crippen molar-refractivity contribution >= 4 is 5.69 Å². The van der Waals surface area contributed by atoms with Gasteiger partial charge in [-0.25, -0.2) is 0 Å². The Morgan fingerprint density at radius 2 is 1.78 bits per heavy atom. The minimum Gasteiger partial charge on any atom is -0.369 e. The fourth-order valence-corrected chi connectivity index (χ4v) is 3.17. The van der Waals surface area contributed by atoms with Crippen LogP contribution in [0.2, 0.25) is 0 Å². The van der Waals surface area contributed by atoms with Gasteiger partial charge in [0.25, 0.3) is 5.56 Å². The normalized spacial score (nSPS) is 15.9. The molecule has 23 heavy (non-hydrogen) atoms. The van der Waals surface area contributed by atoms with Gasteiger partial charge in [0.1, 0.15) is 0 Å². The van der Waals surface area contributed by atoms with Gasteiger partial charge in [-0.3, -0.25) is 9.69 Å². The second-order valence-corrected chi connectivity index (χ2v) is 6.47. The van der Waals surface area contributed by atoms with Crippen LogP contribution in [-0.4, -0.2) is 35.6 Å². The van der Waals surface area contributed by atoms with Gasteiger partial charge < -0.3 is 9.47 Å². The molecule has 0 unspecified atom stereocenters. The third-order valence-electron chi connectivity index (χ3n) is 4.86. The maximum absolute atomic E-state index is 11.7. The van der Waals surface area contributed by atoms with Crippen LogP contribution in [0.3, 0.4) is 0 Å². The molecule has 0 spiro atoms. The summed E-state index contributed by atoms with van der Waals surface area (Å²) in [6, 6.07) is 10.3. The first-order valence-corrected chi connectivity index (χ1v) is 8.23. The van der Waals surface area contributed by atoms with E-state index in [1.165, 1.54) is 16.8 Å². The summed E-state index contributed by atoms with van der Waals surface area (Å²) in [5.41, 5.74) is 5.26. The highest BCUT2D eigenvalue weighted by atomic mass is 16.1. The Bertz CT molecular complexity index is 743. The quantitative estimate of drug-likeness (QED) is 0.871. The topological polar surface area (TPSA) is 28.5 Å². The second-order valence-electron chi connectivity index (χ2n) is 6.47. The number of aromatic nitrogens is 1. The highest BCUT2D eigenvalue weighted by molar-refractivity contribution is 5.56. The van der Waals surface area contributed by atoms with Crippen molar-refractivity contribution in [2.24, 2.45) is 7.05 Å². The molecule has 1 saturated heterocycles. The van der Waals surface area contributed by atoms with Crippen molar-refractivity contribution in [1.29, 1.82) is 0 Å². The second kappa shape index (κ2) is 6.59. The number of piperazine rings is 1. The van der Waals surface area contributed by atoms with Gasteiger partial charge in [-0.05, 0) is 42.7 Å². The van der Waals surface area contributed by atoms with Crippen LogP contribution in [0.25, 0.3) is 0 Å². The van der Waals surface area contributed by atoms with E-state index in [2.05, 4.69) is 41.8 Å². The summed E-state index contributed by atoms with van der Waals surface area (Å²) in [6.45, 7) is 9.37. The first kappa shape index (κ1) is 15.8. The molecule has 4 heteroatoms. The zero-order valence-electron chi connectivity index (χ0n) is 14.2. The number of pyridine rings is 1. The van der Waals surface area contributed by atoms with Gasteiger partial charge in [0.05, 0.1) is 0 Å². The molecule has 0 radical (unpaired) electrons. The van der Waals surface area contributed by atoms with E-state index in [4.69, 9.17) is 0 Å². The van der Waals surface area contributed by atoms with E-state index in [1.807, 2.05) is 12.3 Å². The third kappa shape index (κ3) is 3.48. The van der Waals surface area contributed by atoms with E-state index < -0.39 is 0 Å². The van der Waals surface area contributed by atoms with E-state index in [-0.39, 0.29) is 5.56 Å². The molecule has 0 amide bonds. The SMILES string of the molecule is Cc1cccc(N2CCN(Cc3ccn(C)c(=O)c3)CC2)c1C. The Labute approximate surface area is 138 Å². The minimum atomic E-state index is 0.0662. The number of nitrogens with zero attached hydrogens (tertiary/aromatic N) is 3. The summed E-state index contributed by atoms with van der Waals surface area (Å²) in [7, 11) is 1.79. The van der Waals surface area contributed by atoms with Crippen molar-refractivity contribution in [2.75, 3.05) is 31.1 Å². The lowest BCUT2D eigenvalue weighted by Gasteiger charge is -2.37. The van der Waals surface area contributed by atoms with Crippen LogP contribution in [0.4, 0.5) is 5.69 Å². The fraction of sp³-hybridized carbons (Fsp3) is 0.421. The van der Waals surface area contributed by atoms with Crippen molar-refractivity contribution in [2.45, 2.75) is 20.4 Å². The van der Waals surface area contributed by atoms with Crippen LogP contribution in [-0.2, 0) is 13.6 Å². The zero-order valence-corrected chi connectivity index (χ0v) is 14.2. The molecule has 2 heterocycles. The summed E-state index contributed by atoms with van der Waals surface area (Å²) in [5.74, 6) is 0. The van der Waals surface area contributed by atoms with Crippen LogP contribution >= 0.6 is 0 Å². The Kier molecular flexibility index (Phi) is 4.53. The van der Waals surface area contributed by atoms with Crippen LogP contribution < -0.4 is 10.5 Å². The predicted octanol–water partition coefficient (Wildman–Crippen LogP) is 2.32. The minimum absolute atomic E-state index is 0.0662. The number of rotatable bonds is 3. The molecule has 122 valence electrons. The Morgan fingerprint density at radius 1 is 1.04 bits per heavy atom. The predicted molar refractivity (Wildman–Crippen MR) is 95.1 cm³/mol. The molecule has 0 saturated carbocycles. The summed E-state index contributed by atoms with van der Waals surface area (Å²) < 4.78 is 1.61. The van der Waals surface area contributed by atoms with Gasteiger partial charge in [-0.2, -0.15) is 0 Å². The zero-order chi connectivity index (χ0) is 16.4. The molecule has 0 atom stereocenters. The van der Waals surface area contributed by atoms with Crippen LogP contribution in [0.1, 0.15) is 16.7 Å². The largest absolute Gasteiger partial charge is 0.369 e. The summed E-state index contributed by atoms with van der Waals surface area (Å²) in [4.78, 5) is 16.6. The standard InChI is InChI=1S/C19H25N3O/c1-15-5-4-6-18(16(15)2)22-11-9-21(10-12-22)14-17-7-8-20(3)19(23)13-17/h4-8,13H,9-12,14H2,1-3H3. The number of aryl methyl sites for hydroxylation is 2. The molecule has 0 N–H and O–H groups in total. The highest BCUT2D eigenvalue weighted by Crippen LogP contribution is 2.24. The van der Waals surface area contributed by atoms with Crippen molar-refractivity contribution in [3.05, 3.63) is 63.6 Å². The molecule has 1 aliphatic heterocycles. The molecule has 1 aliphatic rings. The molecule has 1 aromatic carbocycles. The van der Waals surface area contributed by atoms with E-state index in [1.54, 1.807) is 17.7 Å². The Morgan fingerprint density at radius 3 is 2.48 bits per heavy atom. The van der Waals surface area contributed by atoms with E-state index in [0.29, 0.717) is 0 Å². The lowest BCUT2D eigenvalue weighted by molar-refractivity contribution is 0.249. The van der Waals surface area contributed by atoms with Gasteiger partial charge in [-0.1, -0.05) is 12.1 Å². The lowest BCUT2D eigenvalue weighted by atomic mass is 10.1. The monoisotopic (exact) mass is 311 g/mol. The number of hydrogen-bond acceptors (Lipinski definition) is 3. The first-order valence-electron chi connectivity index (χ1n) is 8.23. The maximum atomic E-state index is 11.7. The smallest absolute Gasteiger partial charge is 0.250 e. The molecule has 3 rings (SSSR count). The molecule has 0 aliphatic carbocycles. The summed E-state index contributed by atoms with van der Waals surface area (Å²) >= 11 is 0. The van der Waals surface area contributed by atoms with Crippen molar-refractivity contribution < 1.29 is 0 Å². The van der Waals surface area contributed by atoms with Crippen molar-refractivity contribution in [1.82, 2.24) is 9.47 Å². The van der Waals surface area contributed by atoms with Crippen LogP contribution in [0.15, 0.2) is 41.3 Å². The molecule has 4 nitrogen and oxygen atoms in total. The van der Waals surface area contributed by atoms with E-state index >= 15 is 0 Å². The van der Waals surface area contributed by atoms with Crippen LogP contribution in [0.5, 0.6) is 0 Å². The fourth-order valence-electron chi connectivity index (χ4n) is 3.17. The molecule has 1 fully saturated rings. The summed E-state index contributed by atoms with van der Waals surface area (Å²) in [5, 5.41) is 0.